The molecule has 0 unspecified atom stereocenters. The smallest absolute Gasteiger partial charge is 0.287 e. The molecule has 0 bridgehead atoms. The first-order chi connectivity index (χ1) is 7.13. The lowest BCUT2D eigenvalue weighted by Crippen LogP contribution is -2.50. The highest BCUT2D eigenvalue weighted by atomic mass is 16.5. The fourth-order valence-corrected chi connectivity index (χ4v) is 1.95. The Morgan fingerprint density at radius 2 is 0.812 bits per heavy atom. The number of ketones is 4. The normalized spacial score (nSPS) is 35.8. The van der Waals surface area contributed by atoms with Crippen molar-refractivity contribution in [1.29, 1.82) is 0 Å². The van der Waals surface area contributed by atoms with Gasteiger partial charge in [-0.1, -0.05) is 0 Å². The average molecular weight is 230 g/mol. The number of carbonyl (C=O) groups is 4. The minimum atomic E-state index is -3.41. The van der Waals surface area contributed by atoms with Crippen LogP contribution in [-0.2, 0) is 19.2 Å². The van der Waals surface area contributed by atoms with Crippen molar-refractivity contribution >= 4 is 23.1 Å². The molecule has 2 saturated carbocycles. The van der Waals surface area contributed by atoms with E-state index in [-0.39, 0.29) is 0 Å². The fourth-order valence-electron chi connectivity index (χ4n) is 1.95. The summed E-state index contributed by atoms with van der Waals surface area (Å²) in [6.45, 7) is 0. The van der Waals surface area contributed by atoms with Gasteiger partial charge in [0.25, 0.3) is 11.6 Å². The van der Waals surface area contributed by atoms with Crippen LogP contribution in [0, 0.1) is 11.8 Å². The molecule has 2 fully saturated rings. The first kappa shape index (κ1) is 11.0. The molecule has 0 spiro atoms. The van der Waals surface area contributed by atoms with Gasteiger partial charge < -0.3 is 20.4 Å². The van der Waals surface area contributed by atoms with Gasteiger partial charge in [-0.3, -0.25) is 19.2 Å². The Morgan fingerprint density at radius 3 is 1.00 bits per heavy atom. The Kier molecular flexibility index (Phi) is 1.79. The largest absolute Gasteiger partial charge is 0.354 e. The molecule has 0 heterocycles. The van der Waals surface area contributed by atoms with E-state index in [1.807, 2.05) is 0 Å². The first-order valence-corrected chi connectivity index (χ1v) is 4.20. The van der Waals surface area contributed by atoms with E-state index in [1.165, 1.54) is 0 Å². The van der Waals surface area contributed by atoms with Gasteiger partial charge in [-0.05, 0) is 0 Å². The molecule has 86 valence electrons. The van der Waals surface area contributed by atoms with E-state index >= 15 is 0 Å². The summed E-state index contributed by atoms with van der Waals surface area (Å²) >= 11 is 0. The Bertz CT molecular complexity index is 367. The van der Waals surface area contributed by atoms with Gasteiger partial charge in [0.05, 0.1) is 0 Å². The van der Waals surface area contributed by atoms with Gasteiger partial charge in [0.1, 0.15) is 11.8 Å². The second kappa shape index (κ2) is 2.61. The summed E-state index contributed by atoms with van der Waals surface area (Å²) in [6, 6.07) is 0. The lowest BCUT2D eigenvalue weighted by molar-refractivity contribution is -0.194. The van der Waals surface area contributed by atoms with Crippen molar-refractivity contribution in [1.82, 2.24) is 0 Å². The van der Waals surface area contributed by atoms with Crippen molar-refractivity contribution in [3.63, 3.8) is 0 Å². The van der Waals surface area contributed by atoms with Gasteiger partial charge in [0.15, 0.2) is 0 Å². The van der Waals surface area contributed by atoms with Crippen molar-refractivity contribution < 1.29 is 39.6 Å². The number of hydrogen-bond acceptors (Lipinski definition) is 8. The van der Waals surface area contributed by atoms with Gasteiger partial charge in [-0.25, -0.2) is 0 Å². The minimum Gasteiger partial charge on any atom is -0.354 e. The molecule has 16 heavy (non-hydrogen) atoms. The van der Waals surface area contributed by atoms with Crippen LogP contribution in [0.15, 0.2) is 0 Å². The molecule has 8 nitrogen and oxygen atoms in total. The highest BCUT2D eigenvalue weighted by Gasteiger charge is 2.74. The maximum absolute atomic E-state index is 11.2. The number of aliphatic hydroxyl groups is 4. The number of carbonyl (C=O) groups excluding carboxylic acids is 4. The molecule has 2 rings (SSSR count). The average Bonchev–Trinajstić information content (AvgIpc) is 2.46. The van der Waals surface area contributed by atoms with Gasteiger partial charge in [-0.2, -0.15) is 0 Å². The Labute approximate surface area is 87.1 Å². The van der Waals surface area contributed by atoms with Crippen molar-refractivity contribution in [3.05, 3.63) is 0 Å². The van der Waals surface area contributed by atoms with Crippen LogP contribution in [0.4, 0.5) is 0 Å². The molecule has 0 radical (unpaired) electrons. The summed E-state index contributed by atoms with van der Waals surface area (Å²) in [5.41, 5.74) is 0. The standard InChI is InChI=1S/C8H6O8/c9-3-1-2(5(11)7(3,13)14)6(12)8(15,16)4(1)10/h1-2,13-16H. The Balaban J connectivity index is 2.59. The summed E-state index contributed by atoms with van der Waals surface area (Å²) < 4.78 is 0. The maximum Gasteiger partial charge on any atom is 0.287 e. The van der Waals surface area contributed by atoms with Crippen molar-refractivity contribution in [2.75, 3.05) is 0 Å². The zero-order valence-electron chi connectivity index (χ0n) is 7.58. The lowest BCUT2D eigenvalue weighted by Gasteiger charge is -2.16. The molecule has 0 amide bonds. The third kappa shape index (κ3) is 0.919. The van der Waals surface area contributed by atoms with E-state index in [2.05, 4.69) is 0 Å². The van der Waals surface area contributed by atoms with Gasteiger partial charge >= 0.3 is 0 Å². The van der Waals surface area contributed by atoms with E-state index < -0.39 is 46.5 Å². The SMILES string of the molecule is O=C1C2C(=O)C(O)(O)C(=O)C2C(=O)C1(O)O. The summed E-state index contributed by atoms with van der Waals surface area (Å²) in [6.07, 6.45) is 0. The van der Waals surface area contributed by atoms with E-state index in [1.54, 1.807) is 0 Å². The number of fused-ring (bicyclic) bond motifs is 1. The molecule has 0 aromatic heterocycles. The van der Waals surface area contributed by atoms with E-state index in [4.69, 9.17) is 20.4 Å². The molecule has 0 aromatic carbocycles. The van der Waals surface area contributed by atoms with E-state index in [9.17, 15) is 19.2 Å². The maximum atomic E-state index is 11.2. The quantitative estimate of drug-likeness (QED) is 0.242. The molecule has 0 atom stereocenters. The second-order valence-corrected chi connectivity index (χ2v) is 3.76. The highest BCUT2D eigenvalue weighted by Crippen LogP contribution is 2.42. The highest BCUT2D eigenvalue weighted by molar-refractivity contribution is 6.38. The topological polar surface area (TPSA) is 149 Å². The fraction of sp³-hybridized carbons (Fsp3) is 0.500. The Hall–Kier alpha value is -1.48. The summed E-state index contributed by atoms with van der Waals surface area (Å²) in [5, 5.41) is 36.1. The van der Waals surface area contributed by atoms with E-state index in [0.717, 1.165) is 0 Å². The lowest BCUT2D eigenvalue weighted by atomic mass is 9.98. The third-order valence-corrected chi connectivity index (χ3v) is 2.84. The van der Waals surface area contributed by atoms with Crippen LogP contribution in [0.1, 0.15) is 0 Å². The number of hydrogen-bond donors (Lipinski definition) is 4. The molecule has 2 aliphatic rings. The first-order valence-electron chi connectivity index (χ1n) is 4.20. The Morgan fingerprint density at radius 1 is 0.625 bits per heavy atom. The predicted molar refractivity (Wildman–Crippen MR) is 41.3 cm³/mol. The monoisotopic (exact) mass is 230 g/mol. The molecule has 8 heteroatoms. The molecule has 0 aliphatic heterocycles. The zero-order valence-corrected chi connectivity index (χ0v) is 7.58. The van der Waals surface area contributed by atoms with Gasteiger partial charge in [0.2, 0.25) is 23.1 Å². The summed E-state index contributed by atoms with van der Waals surface area (Å²) in [4.78, 5) is 45.0. The van der Waals surface area contributed by atoms with Crippen LogP contribution in [-0.4, -0.2) is 55.1 Å². The minimum absolute atomic E-state index is 1.61. The van der Waals surface area contributed by atoms with Crippen molar-refractivity contribution in [2.45, 2.75) is 11.6 Å². The van der Waals surface area contributed by atoms with Crippen molar-refractivity contribution in [2.24, 2.45) is 11.8 Å². The third-order valence-electron chi connectivity index (χ3n) is 2.84. The van der Waals surface area contributed by atoms with Crippen LogP contribution in [0.25, 0.3) is 0 Å². The number of Topliss-reactive ketones (excluding diaryl/α,β-unsaturated/α-hetero) is 4. The van der Waals surface area contributed by atoms with E-state index in [0.29, 0.717) is 0 Å². The molecule has 0 saturated heterocycles. The summed E-state index contributed by atoms with van der Waals surface area (Å²) in [7, 11) is 0. The van der Waals surface area contributed by atoms with Gasteiger partial charge in [0, 0.05) is 0 Å². The van der Waals surface area contributed by atoms with Crippen LogP contribution >= 0.6 is 0 Å². The molecule has 0 aromatic rings. The summed E-state index contributed by atoms with van der Waals surface area (Å²) in [5.74, 6) is -17.3. The zero-order chi connectivity index (χ0) is 12.5. The predicted octanol–water partition coefficient (Wildman–Crippen LogP) is -4.12. The number of rotatable bonds is 0. The molecule has 2 aliphatic carbocycles. The van der Waals surface area contributed by atoms with Crippen LogP contribution in [0.3, 0.4) is 0 Å². The van der Waals surface area contributed by atoms with Gasteiger partial charge in [-0.15, -0.1) is 0 Å². The van der Waals surface area contributed by atoms with Crippen LogP contribution in [0.5, 0.6) is 0 Å². The molecular weight excluding hydrogens is 224 g/mol. The molecular formula is C8H6O8. The van der Waals surface area contributed by atoms with Crippen LogP contribution < -0.4 is 0 Å². The van der Waals surface area contributed by atoms with Crippen molar-refractivity contribution in [3.8, 4) is 0 Å². The van der Waals surface area contributed by atoms with Crippen LogP contribution in [0.2, 0.25) is 0 Å². The second-order valence-electron chi connectivity index (χ2n) is 3.76. The molecule has 4 N–H and O–H groups in total.